The fraction of sp³-hybridized carbons (Fsp3) is 0.368. The van der Waals surface area contributed by atoms with Gasteiger partial charge in [-0.1, -0.05) is 19.1 Å². The van der Waals surface area contributed by atoms with Crippen LogP contribution in [-0.4, -0.2) is 48.1 Å². The maximum absolute atomic E-state index is 13.0. The molecule has 146 valence electrons. The Kier molecular flexibility index (Phi) is 4.60. The summed E-state index contributed by atoms with van der Waals surface area (Å²) in [4.78, 5) is 46.6. The molecule has 3 N–H and O–H groups in total. The van der Waals surface area contributed by atoms with Crippen LogP contribution in [0.25, 0.3) is 0 Å². The van der Waals surface area contributed by atoms with E-state index in [-0.39, 0.29) is 23.2 Å². The number of rotatable bonds is 6. The van der Waals surface area contributed by atoms with Crippen molar-refractivity contribution in [2.75, 3.05) is 35.8 Å². The molecule has 2 aliphatic heterocycles. The fourth-order valence-electron chi connectivity index (χ4n) is 3.63. The van der Waals surface area contributed by atoms with Gasteiger partial charge >= 0.3 is 0 Å². The smallest absolute Gasteiger partial charge is 0.258 e. The summed E-state index contributed by atoms with van der Waals surface area (Å²) in [5.41, 5.74) is 1.38. The van der Waals surface area contributed by atoms with Gasteiger partial charge in [-0.2, -0.15) is 4.98 Å². The van der Waals surface area contributed by atoms with Gasteiger partial charge in [0, 0.05) is 13.7 Å². The number of benzene rings is 1. The second-order valence-corrected chi connectivity index (χ2v) is 6.73. The van der Waals surface area contributed by atoms with E-state index in [1.165, 1.54) is 0 Å². The number of fused-ring (bicyclic) bond motifs is 3. The molecule has 28 heavy (non-hydrogen) atoms. The van der Waals surface area contributed by atoms with Crippen molar-refractivity contribution >= 4 is 29.3 Å². The molecule has 1 saturated heterocycles. The number of carbonyl (C=O) groups excluding carboxylic acids is 2. The zero-order valence-electron chi connectivity index (χ0n) is 15.6. The van der Waals surface area contributed by atoms with Crippen molar-refractivity contribution in [2.24, 2.45) is 0 Å². The number of H-pyrrole nitrogens is 1. The highest BCUT2D eigenvalue weighted by Crippen LogP contribution is 2.40. The number of anilines is 3. The highest BCUT2D eigenvalue weighted by Gasteiger charge is 2.55. The van der Waals surface area contributed by atoms with Gasteiger partial charge in [0.2, 0.25) is 11.9 Å². The molecule has 2 amide bonds. The topological polar surface area (TPSA) is 116 Å². The van der Waals surface area contributed by atoms with Gasteiger partial charge in [-0.15, -0.1) is 0 Å². The van der Waals surface area contributed by atoms with Gasteiger partial charge in [-0.25, -0.2) is 4.90 Å². The van der Waals surface area contributed by atoms with Gasteiger partial charge in [-0.3, -0.25) is 19.4 Å². The maximum atomic E-state index is 13.0. The molecule has 1 aromatic carbocycles. The lowest BCUT2D eigenvalue weighted by molar-refractivity contribution is -0.121. The lowest BCUT2D eigenvalue weighted by Gasteiger charge is -2.17. The first-order valence-corrected chi connectivity index (χ1v) is 9.15. The summed E-state index contributed by atoms with van der Waals surface area (Å²) in [5, 5.41) is 5.89. The first-order chi connectivity index (χ1) is 13.5. The van der Waals surface area contributed by atoms with Crippen LogP contribution in [0.15, 0.2) is 29.1 Å². The van der Waals surface area contributed by atoms with Gasteiger partial charge in [0.15, 0.2) is 0 Å². The van der Waals surface area contributed by atoms with E-state index >= 15 is 0 Å². The summed E-state index contributed by atoms with van der Waals surface area (Å²) in [6, 6.07) is 6.45. The van der Waals surface area contributed by atoms with Crippen LogP contribution in [0, 0.1) is 0 Å². The Hall–Kier alpha value is -3.20. The number of carbonyl (C=O) groups is 2. The molecule has 4 rings (SSSR count). The van der Waals surface area contributed by atoms with Crippen molar-refractivity contribution in [3.8, 4) is 0 Å². The predicted octanol–water partition coefficient (Wildman–Crippen LogP) is 0.842. The van der Waals surface area contributed by atoms with E-state index in [9.17, 15) is 14.4 Å². The average Bonchev–Trinajstić information content (AvgIpc) is 3.18. The van der Waals surface area contributed by atoms with E-state index in [0.29, 0.717) is 18.8 Å². The van der Waals surface area contributed by atoms with Crippen molar-refractivity contribution < 1.29 is 14.3 Å². The number of aryl methyl sites for hydroxylation is 1. The number of amides is 2. The summed E-state index contributed by atoms with van der Waals surface area (Å²) in [7, 11) is 1.57. The minimum Gasteiger partial charge on any atom is -0.383 e. The Bertz CT molecular complexity index is 985. The van der Waals surface area contributed by atoms with Crippen molar-refractivity contribution in [1.82, 2.24) is 9.97 Å². The number of methoxy groups -OCH3 is 1. The summed E-state index contributed by atoms with van der Waals surface area (Å²) in [5.74, 6) is -1.15. The van der Waals surface area contributed by atoms with Gasteiger partial charge in [0.05, 0.1) is 17.9 Å². The quantitative estimate of drug-likeness (QED) is 0.500. The molecule has 1 aromatic heterocycles. The summed E-state index contributed by atoms with van der Waals surface area (Å²) < 4.78 is 4.95. The largest absolute Gasteiger partial charge is 0.383 e. The summed E-state index contributed by atoms with van der Waals surface area (Å²) in [6.07, 6.45) is 0.865. The van der Waals surface area contributed by atoms with Crippen LogP contribution in [0.3, 0.4) is 0 Å². The molecule has 0 aliphatic carbocycles. The van der Waals surface area contributed by atoms with Gasteiger partial charge in [-0.05, 0) is 24.1 Å². The molecule has 2 unspecified atom stereocenters. The van der Waals surface area contributed by atoms with E-state index in [2.05, 4.69) is 20.6 Å². The third-order valence-corrected chi connectivity index (χ3v) is 5.07. The summed E-state index contributed by atoms with van der Waals surface area (Å²) >= 11 is 0. The van der Waals surface area contributed by atoms with Crippen LogP contribution in [-0.2, 0) is 20.7 Å². The van der Waals surface area contributed by atoms with Crippen LogP contribution < -0.4 is 21.1 Å². The SMILES string of the molecule is CCc1ccc(N2C(=O)C3Nc4nc(NCCOC)[nH]c(=O)c4C3C2=O)cc1. The number of aromatic nitrogens is 2. The number of nitrogens with one attached hydrogen (secondary N) is 3. The van der Waals surface area contributed by atoms with Crippen molar-refractivity contribution in [1.29, 1.82) is 0 Å². The lowest BCUT2D eigenvalue weighted by Crippen LogP contribution is -2.34. The number of imide groups is 1. The molecule has 9 heteroatoms. The molecule has 0 saturated carbocycles. The third kappa shape index (κ3) is 2.84. The number of hydrogen-bond acceptors (Lipinski definition) is 7. The molecular weight excluding hydrogens is 362 g/mol. The Labute approximate surface area is 161 Å². The Morgan fingerprint density at radius 1 is 1.18 bits per heavy atom. The lowest BCUT2D eigenvalue weighted by atomic mass is 9.99. The van der Waals surface area contributed by atoms with Crippen molar-refractivity contribution in [3.63, 3.8) is 0 Å². The zero-order chi connectivity index (χ0) is 19.8. The molecular formula is C19H21N5O4. The summed E-state index contributed by atoms with van der Waals surface area (Å²) in [6.45, 7) is 2.94. The van der Waals surface area contributed by atoms with Crippen LogP contribution >= 0.6 is 0 Å². The van der Waals surface area contributed by atoms with E-state index in [4.69, 9.17) is 4.74 Å². The molecule has 9 nitrogen and oxygen atoms in total. The Morgan fingerprint density at radius 3 is 2.61 bits per heavy atom. The molecule has 3 heterocycles. The fourth-order valence-corrected chi connectivity index (χ4v) is 3.63. The van der Waals surface area contributed by atoms with Gasteiger partial charge in [0.25, 0.3) is 11.5 Å². The highest BCUT2D eigenvalue weighted by molar-refractivity contribution is 6.27. The predicted molar refractivity (Wildman–Crippen MR) is 104 cm³/mol. The highest BCUT2D eigenvalue weighted by atomic mass is 16.5. The molecule has 2 aromatic rings. The van der Waals surface area contributed by atoms with E-state index in [1.54, 1.807) is 19.2 Å². The van der Waals surface area contributed by atoms with Gasteiger partial charge < -0.3 is 15.4 Å². The maximum Gasteiger partial charge on any atom is 0.258 e. The third-order valence-electron chi connectivity index (χ3n) is 5.07. The molecule has 2 atom stereocenters. The van der Waals surface area contributed by atoms with Gasteiger partial charge in [0.1, 0.15) is 17.8 Å². The Morgan fingerprint density at radius 2 is 1.93 bits per heavy atom. The van der Waals surface area contributed by atoms with Crippen LogP contribution in [0.1, 0.15) is 24.0 Å². The molecule has 1 fully saturated rings. The number of ether oxygens (including phenoxy) is 1. The second-order valence-electron chi connectivity index (χ2n) is 6.73. The number of hydrogen-bond donors (Lipinski definition) is 3. The monoisotopic (exact) mass is 383 g/mol. The van der Waals surface area contributed by atoms with Crippen LogP contribution in [0.4, 0.5) is 17.5 Å². The van der Waals surface area contributed by atoms with E-state index < -0.39 is 23.4 Å². The number of nitrogens with zero attached hydrogens (tertiary/aromatic N) is 2. The minimum atomic E-state index is -0.877. The second kappa shape index (κ2) is 7.08. The minimum absolute atomic E-state index is 0.202. The Balaban J connectivity index is 1.64. The first-order valence-electron chi connectivity index (χ1n) is 9.15. The average molecular weight is 383 g/mol. The molecule has 0 bridgehead atoms. The van der Waals surface area contributed by atoms with Crippen molar-refractivity contribution in [3.05, 3.63) is 45.7 Å². The van der Waals surface area contributed by atoms with Crippen LogP contribution in [0.2, 0.25) is 0 Å². The zero-order valence-corrected chi connectivity index (χ0v) is 15.6. The first kappa shape index (κ1) is 18.2. The standard InChI is InChI=1S/C19H21N5O4/c1-3-10-4-6-11(7-5-10)24-17(26)12-13-15(21-14(12)18(24)27)22-19(23-16(13)25)20-8-9-28-2/h4-7,12,14H,3,8-9H2,1-2H3,(H3,20,21,22,23,25). The van der Waals surface area contributed by atoms with Crippen molar-refractivity contribution in [2.45, 2.75) is 25.3 Å². The van der Waals surface area contributed by atoms with E-state index in [1.807, 2.05) is 19.1 Å². The molecule has 2 aliphatic rings. The normalized spacial score (nSPS) is 20.1. The van der Waals surface area contributed by atoms with Crippen LogP contribution in [0.5, 0.6) is 0 Å². The number of aromatic amines is 1. The van der Waals surface area contributed by atoms with E-state index in [0.717, 1.165) is 16.9 Å². The molecule has 0 radical (unpaired) electrons. The molecule has 0 spiro atoms.